The van der Waals surface area contributed by atoms with Crippen LogP contribution in [0.1, 0.15) is 19.0 Å². The molecule has 0 bridgehead atoms. The van der Waals surface area contributed by atoms with E-state index in [9.17, 15) is 18.0 Å². The Morgan fingerprint density at radius 3 is 2.71 bits per heavy atom. The molecule has 1 aromatic heterocycles. The van der Waals surface area contributed by atoms with Gasteiger partial charge in [-0.1, -0.05) is 11.6 Å². The summed E-state index contributed by atoms with van der Waals surface area (Å²) >= 11 is 5.63. The normalized spacial score (nSPS) is 15.8. The highest BCUT2D eigenvalue weighted by Gasteiger charge is 2.35. The number of halogens is 4. The lowest BCUT2D eigenvalue weighted by Crippen LogP contribution is -2.47. The standard InChI is InChI=1S/C13H14ClF3N2O2/c1-2-21-12(20)3-8-6-19(7-8)9-4-10(13(15,16)17)18-11(14)5-9/h4-5,8H,2-3,6-7H2,1H3. The van der Waals surface area contributed by atoms with Crippen molar-refractivity contribution in [2.24, 2.45) is 5.92 Å². The van der Waals surface area contributed by atoms with E-state index >= 15 is 0 Å². The summed E-state index contributed by atoms with van der Waals surface area (Å²) in [6.45, 7) is 3.04. The zero-order valence-corrected chi connectivity index (χ0v) is 12.0. The number of hydrogen-bond donors (Lipinski definition) is 0. The maximum Gasteiger partial charge on any atom is 0.433 e. The lowest BCUT2D eigenvalue weighted by atomic mass is 9.95. The molecule has 0 saturated carbocycles. The average Bonchev–Trinajstić information content (AvgIpc) is 2.31. The van der Waals surface area contributed by atoms with Gasteiger partial charge in [0.15, 0.2) is 0 Å². The first-order valence-corrected chi connectivity index (χ1v) is 6.82. The van der Waals surface area contributed by atoms with E-state index in [0.29, 0.717) is 25.4 Å². The van der Waals surface area contributed by atoms with Crippen LogP contribution in [0.2, 0.25) is 5.15 Å². The number of alkyl halides is 3. The monoisotopic (exact) mass is 322 g/mol. The van der Waals surface area contributed by atoms with E-state index in [2.05, 4.69) is 4.98 Å². The molecule has 0 aromatic carbocycles. The topological polar surface area (TPSA) is 42.4 Å². The molecule has 21 heavy (non-hydrogen) atoms. The van der Waals surface area contributed by atoms with Crippen molar-refractivity contribution >= 4 is 23.3 Å². The second-order valence-corrected chi connectivity index (χ2v) is 5.20. The smallest absolute Gasteiger partial charge is 0.433 e. The zero-order chi connectivity index (χ0) is 15.6. The van der Waals surface area contributed by atoms with Crippen LogP contribution in [0, 0.1) is 5.92 Å². The number of esters is 1. The van der Waals surface area contributed by atoms with Gasteiger partial charge in [0, 0.05) is 24.7 Å². The van der Waals surface area contributed by atoms with Crippen LogP contribution in [0.3, 0.4) is 0 Å². The van der Waals surface area contributed by atoms with E-state index < -0.39 is 11.9 Å². The predicted octanol–water partition coefficient (Wildman–Crippen LogP) is 3.14. The fraction of sp³-hybridized carbons (Fsp3) is 0.538. The number of carbonyl (C=O) groups excluding carboxylic acids is 1. The third kappa shape index (κ3) is 4.00. The minimum Gasteiger partial charge on any atom is -0.466 e. The second-order valence-electron chi connectivity index (χ2n) is 4.81. The Morgan fingerprint density at radius 2 is 2.14 bits per heavy atom. The zero-order valence-electron chi connectivity index (χ0n) is 11.3. The largest absolute Gasteiger partial charge is 0.466 e. The molecule has 0 N–H and O–H groups in total. The van der Waals surface area contributed by atoms with Gasteiger partial charge in [-0.05, 0) is 19.1 Å². The van der Waals surface area contributed by atoms with E-state index in [1.165, 1.54) is 6.07 Å². The molecule has 0 radical (unpaired) electrons. The van der Waals surface area contributed by atoms with Gasteiger partial charge in [0.2, 0.25) is 0 Å². The van der Waals surface area contributed by atoms with Gasteiger partial charge in [-0.3, -0.25) is 4.79 Å². The maximum absolute atomic E-state index is 12.7. The molecule has 0 amide bonds. The summed E-state index contributed by atoms with van der Waals surface area (Å²) < 4.78 is 42.8. The molecule has 0 spiro atoms. The van der Waals surface area contributed by atoms with Crippen molar-refractivity contribution in [3.63, 3.8) is 0 Å². The van der Waals surface area contributed by atoms with E-state index in [4.69, 9.17) is 16.3 Å². The van der Waals surface area contributed by atoms with Crippen LogP contribution >= 0.6 is 11.6 Å². The lowest BCUT2D eigenvalue weighted by molar-refractivity contribution is -0.144. The van der Waals surface area contributed by atoms with Crippen LogP contribution in [0.5, 0.6) is 0 Å². The Hall–Kier alpha value is -1.50. The molecule has 116 valence electrons. The molecule has 8 heteroatoms. The van der Waals surface area contributed by atoms with Gasteiger partial charge in [-0.15, -0.1) is 0 Å². The Kier molecular flexibility index (Phi) is 4.61. The Morgan fingerprint density at radius 1 is 1.48 bits per heavy atom. The van der Waals surface area contributed by atoms with Crippen molar-refractivity contribution in [1.29, 1.82) is 0 Å². The first-order chi connectivity index (χ1) is 9.79. The summed E-state index contributed by atoms with van der Waals surface area (Å²) in [5.74, 6) is -0.198. The van der Waals surface area contributed by atoms with Gasteiger partial charge < -0.3 is 9.64 Å². The molecule has 0 unspecified atom stereocenters. The predicted molar refractivity (Wildman–Crippen MR) is 71.2 cm³/mol. The summed E-state index contributed by atoms with van der Waals surface area (Å²) in [7, 11) is 0. The van der Waals surface area contributed by atoms with Gasteiger partial charge >= 0.3 is 12.1 Å². The van der Waals surface area contributed by atoms with Gasteiger partial charge in [0.25, 0.3) is 0 Å². The lowest BCUT2D eigenvalue weighted by Gasteiger charge is -2.40. The number of ether oxygens (including phenoxy) is 1. The van der Waals surface area contributed by atoms with Crippen molar-refractivity contribution in [1.82, 2.24) is 4.98 Å². The fourth-order valence-electron chi connectivity index (χ4n) is 2.18. The third-order valence-electron chi connectivity index (χ3n) is 3.15. The number of aromatic nitrogens is 1. The minimum atomic E-state index is -4.53. The molecule has 1 aliphatic heterocycles. The van der Waals surface area contributed by atoms with Crippen LogP contribution in [0.25, 0.3) is 0 Å². The van der Waals surface area contributed by atoms with Gasteiger partial charge in [-0.25, -0.2) is 4.98 Å². The molecule has 0 atom stereocenters. The average molecular weight is 323 g/mol. The first kappa shape index (κ1) is 15.9. The van der Waals surface area contributed by atoms with Crippen molar-refractivity contribution < 1.29 is 22.7 Å². The van der Waals surface area contributed by atoms with Gasteiger partial charge in [0.05, 0.1) is 13.0 Å². The maximum atomic E-state index is 12.7. The first-order valence-electron chi connectivity index (χ1n) is 6.45. The van der Waals surface area contributed by atoms with Crippen LogP contribution in [-0.2, 0) is 15.7 Å². The third-order valence-corrected chi connectivity index (χ3v) is 3.35. The highest BCUT2D eigenvalue weighted by atomic mass is 35.5. The van der Waals surface area contributed by atoms with Crippen molar-refractivity contribution in [2.75, 3.05) is 24.6 Å². The Labute approximate surface area is 124 Å². The molecule has 2 heterocycles. The number of rotatable bonds is 4. The highest BCUT2D eigenvalue weighted by Crippen LogP contribution is 2.34. The molecule has 1 fully saturated rings. The number of hydrogen-bond acceptors (Lipinski definition) is 4. The number of carbonyl (C=O) groups is 1. The molecule has 1 aromatic rings. The van der Waals surface area contributed by atoms with Gasteiger partial charge in [0.1, 0.15) is 10.8 Å². The summed E-state index contributed by atoms with van der Waals surface area (Å²) in [5, 5.41) is -0.200. The molecule has 4 nitrogen and oxygen atoms in total. The van der Waals surface area contributed by atoms with E-state index in [1.807, 2.05) is 0 Å². The number of pyridine rings is 1. The molecule has 1 saturated heterocycles. The number of nitrogens with zero attached hydrogens (tertiary/aromatic N) is 2. The second kappa shape index (κ2) is 6.09. The summed E-state index contributed by atoms with van der Waals surface area (Å²) in [6, 6.07) is 2.35. The van der Waals surface area contributed by atoms with E-state index in [-0.39, 0.29) is 23.5 Å². The SMILES string of the molecule is CCOC(=O)CC1CN(c2cc(Cl)nc(C(F)(F)F)c2)C1. The molecule has 2 rings (SSSR count). The van der Waals surface area contributed by atoms with E-state index in [1.54, 1.807) is 11.8 Å². The van der Waals surface area contributed by atoms with Gasteiger partial charge in [-0.2, -0.15) is 13.2 Å². The summed E-state index contributed by atoms with van der Waals surface area (Å²) in [6.07, 6.45) is -4.26. The van der Waals surface area contributed by atoms with Crippen LogP contribution in [-0.4, -0.2) is 30.6 Å². The summed E-state index contributed by atoms with van der Waals surface area (Å²) in [4.78, 5) is 16.3. The van der Waals surface area contributed by atoms with Crippen molar-refractivity contribution in [2.45, 2.75) is 19.5 Å². The van der Waals surface area contributed by atoms with Crippen LogP contribution in [0.15, 0.2) is 12.1 Å². The highest BCUT2D eigenvalue weighted by molar-refractivity contribution is 6.29. The number of anilines is 1. The molecule has 1 aliphatic rings. The van der Waals surface area contributed by atoms with Crippen molar-refractivity contribution in [3.8, 4) is 0 Å². The molecular formula is C13H14ClF3N2O2. The molecule has 0 aliphatic carbocycles. The molecular weight excluding hydrogens is 309 g/mol. The Balaban J connectivity index is 1.99. The van der Waals surface area contributed by atoms with Crippen LogP contribution < -0.4 is 4.90 Å². The van der Waals surface area contributed by atoms with Crippen LogP contribution in [0.4, 0.5) is 18.9 Å². The quantitative estimate of drug-likeness (QED) is 0.631. The summed E-state index contributed by atoms with van der Waals surface area (Å²) in [5.41, 5.74) is -0.652. The Bertz CT molecular complexity index is 531. The minimum absolute atomic E-state index is 0.0883. The fourth-order valence-corrected chi connectivity index (χ4v) is 2.38. The van der Waals surface area contributed by atoms with E-state index in [0.717, 1.165) is 6.07 Å². The van der Waals surface area contributed by atoms with Crippen molar-refractivity contribution in [3.05, 3.63) is 23.0 Å².